The molecule has 0 spiro atoms. The van der Waals surface area contributed by atoms with Crippen molar-refractivity contribution in [3.8, 4) is 0 Å². The molecule has 504 valence electrons. The van der Waals surface area contributed by atoms with Crippen LogP contribution in [0.25, 0.3) is 0 Å². The Morgan fingerprint density at radius 3 is 0.435 bits per heavy atom. The van der Waals surface area contributed by atoms with Gasteiger partial charge in [0.05, 0.1) is 0 Å². The third kappa shape index (κ3) is 43.9. The normalized spacial score (nSPS) is 12.7. The van der Waals surface area contributed by atoms with E-state index in [1.165, 1.54) is 154 Å². The van der Waals surface area contributed by atoms with E-state index < -0.39 is 35.2 Å². The molecule has 0 aliphatic heterocycles. The van der Waals surface area contributed by atoms with Crippen LogP contribution in [0.1, 0.15) is 415 Å². The summed E-state index contributed by atoms with van der Waals surface area (Å²) in [5.74, 6) is 0. The number of hydrogen-bond donors (Lipinski definition) is 4. The van der Waals surface area contributed by atoms with Gasteiger partial charge >= 0.3 is 572 Å². The Morgan fingerprint density at radius 2 is 0.318 bits per heavy atom. The van der Waals surface area contributed by atoms with Gasteiger partial charge in [-0.15, -0.1) is 0 Å². The maximum absolute atomic E-state index is 13.5. The standard InChI is InChI=1S/4C18H36OS2.Sn/c4*1-3-5-7-9-11-13-15-18(19,17(20)21)16-14-12-10-8-6-4-2;/h4*19H,3-16H2,1-2H3,(H,20,21);/q;;;;+4/p-4. The number of hydrogen-bond acceptors (Lipinski definition) is 12. The molecule has 0 amide bonds. The fourth-order valence-corrected chi connectivity index (χ4v) is 79.8. The summed E-state index contributed by atoms with van der Waals surface area (Å²) in [6, 6.07) is 0. The molecule has 0 radical (unpaired) electrons. The van der Waals surface area contributed by atoms with Crippen LogP contribution in [-0.4, -0.2) is 72.5 Å². The minimum atomic E-state index is -4.75. The van der Waals surface area contributed by atoms with Crippen LogP contribution in [0.15, 0.2) is 0 Å². The molecule has 85 heavy (non-hydrogen) atoms. The van der Waals surface area contributed by atoms with Crippen molar-refractivity contribution < 1.29 is 20.4 Å². The van der Waals surface area contributed by atoms with Crippen LogP contribution in [0.5, 0.6) is 0 Å². The summed E-state index contributed by atoms with van der Waals surface area (Å²) in [5, 5.41) is 53.8. The SMILES string of the molecule is CCCCCCCCC(O)(CCCCCCCC)C(=S)[S][Sn]([S]C(=S)C(O)(CCCCCCCC)CCCCCCCC)([S]C(=S)C(O)(CCCCCCCC)CCCCCCCC)[S]C(=S)C(O)(CCCCCCCC)CCCCCCCC. The number of aliphatic hydroxyl groups is 4. The van der Waals surface area contributed by atoms with Gasteiger partial charge in [0.25, 0.3) is 0 Å². The molecular weight excluding hydrogens is 1300 g/mol. The summed E-state index contributed by atoms with van der Waals surface area (Å²) >= 11 is 22.6. The molecule has 0 saturated heterocycles. The molecule has 0 heterocycles. The molecule has 4 nitrogen and oxygen atoms in total. The van der Waals surface area contributed by atoms with Crippen molar-refractivity contribution in [1.29, 1.82) is 0 Å². The van der Waals surface area contributed by atoms with Crippen molar-refractivity contribution in [3.63, 3.8) is 0 Å². The van der Waals surface area contributed by atoms with Gasteiger partial charge in [-0.1, -0.05) is 0 Å². The number of thiocarbonyl (C=S) groups is 4. The molecule has 0 aromatic carbocycles. The van der Waals surface area contributed by atoms with Gasteiger partial charge in [-0.2, -0.15) is 0 Å². The van der Waals surface area contributed by atoms with Gasteiger partial charge in [0.1, 0.15) is 0 Å². The van der Waals surface area contributed by atoms with E-state index in [-0.39, 0.29) is 0 Å². The first kappa shape index (κ1) is 87.4. The van der Waals surface area contributed by atoms with E-state index >= 15 is 0 Å². The summed E-state index contributed by atoms with van der Waals surface area (Å²) < 4.78 is 2.47. The maximum atomic E-state index is 13.5. The molecule has 0 atom stereocenters. The van der Waals surface area contributed by atoms with E-state index in [1.54, 1.807) is 35.8 Å². The monoisotopic (exact) mass is 1440 g/mol. The van der Waals surface area contributed by atoms with Crippen molar-refractivity contribution in [2.45, 2.75) is 437 Å². The first-order valence-corrected chi connectivity index (χ1v) is 55.7. The van der Waals surface area contributed by atoms with E-state index in [2.05, 4.69) is 55.4 Å². The average molecular weight is 1450 g/mol. The molecule has 0 fully saturated rings. The van der Waals surface area contributed by atoms with Gasteiger partial charge in [0.2, 0.25) is 0 Å². The van der Waals surface area contributed by atoms with Crippen LogP contribution in [-0.2, 0) is 0 Å². The Labute approximate surface area is 566 Å². The van der Waals surface area contributed by atoms with Crippen LogP contribution in [0, 0.1) is 0 Å². The summed E-state index contributed by atoms with van der Waals surface area (Å²) in [6.07, 6.45) is 59.1. The van der Waals surface area contributed by atoms with Crippen molar-refractivity contribution in [1.82, 2.24) is 0 Å². The van der Waals surface area contributed by atoms with Crippen LogP contribution in [0.4, 0.5) is 0 Å². The van der Waals surface area contributed by atoms with Gasteiger partial charge in [0.15, 0.2) is 0 Å². The Hall–Kier alpha value is 2.40. The second kappa shape index (κ2) is 57.8. The first-order chi connectivity index (χ1) is 41.0. The van der Waals surface area contributed by atoms with Crippen LogP contribution in [0.2, 0.25) is 0 Å². The molecule has 0 saturated carbocycles. The van der Waals surface area contributed by atoms with Gasteiger partial charge in [-0.3, -0.25) is 0 Å². The summed E-state index contributed by atoms with van der Waals surface area (Å²) in [6.45, 7) is 18.1. The Morgan fingerprint density at radius 1 is 0.212 bits per heavy atom. The second-order valence-electron chi connectivity index (χ2n) is 26.3. The van der Waals surface area contributed by atoms with Crippen molar-refractivity contribution in [3.05, 3.63) is 0 Å². The first-order valence-electron chi connectivity index (χ1n) is 36.8. The molecule has 4 N–H and O–H groups in total. The van der Waals surface area contributed by atoms with Crippen molar-refractivity contribution >= 4 is 114 Å². The quantitative estimate of drug-likeness (QED) is 0.0266. The van der Waals surface area contributed by atoms with Crippen molar-refractivity contribution in [2.75, 3.05) is 0 Å². The van der Waals surface area contributed by atoms with Crippen molar-refractivity contribution in [2.24, 2.45) is 0 Å². The molecule has 0 bridgehead atoms. The summed E-state index contributed by atoms with van der Waals surface area (Å²) in [4.78, 5) is 0. The molecular formula is C72H140O4S8Sn. The Bertz CT molecular complexity index is 1310. The van der Waals surface area contributed by atoms with Gasteiger partial charge in [-0.05, 0) is 0 Å². The summed E-state index contributed by atoms with van der Waals surface area (Å²) in [5.41, 5.74) is -4.79. The predicted molar refractivity (Wildman–Crippen MR) is 410 cm³/mol. The second-order valence-corrected chi connectivity index (χ2v) is 68.1. The van der Waals surface area contributed by atoms with E-state index in [9.17, 15) is 20.4 Å². The predicted octanol–water partition coefficient (Wildman–Crippen LogP) is 26.6. The van der Waals surface area contributed by atoms with E-state index in [0.717, 1.165) is 154 Å². The minimum absolute atomic E-state index is 0.612. The number of rotatable bonds is 64. The fourth-order valence-electron chi connectivity index (χ4n) is 11.9. The zero-order valence-corrected chi connectivity index (χ0v) is 66.5. The van der Waals surface area contributed by atoms with Gasteiger partial charge < -0.3 is 0 Å². The Balaban J connectivity index is 8.49. The Kier molecular flexibility index (Phi) is 59.4. The van der Waals surface area contributed by atoms with Gasteiger partial charge in [0, 0.05) is 0 Å². The average Bonchev–Trinajstić information content (AvgIpc) is 3.64. The molecule has 0 aromatic heterocycles. The zero-order valence-electron chi connectivity index (χ0n) is 57.2. The zero-order chi connectivity index (χ0) is 63.2. The third-order valence-corrected chi connectivity index (χ3v) is 64.5. The molecule has 0 aromatic rings. The van der Waals surface area contributed by atoms with Crippen LogP contribution < -0.4 is 0 Å². The van der Waals surface area contributed by atoms with E-state index in [4.69, 9.17) is 48.9 Å². The fraction of sp³-hybridized carbons (Fsp3) is 0.944. The molecule has 0 rings (SSSR count). The molecule has 0 unspecified atom stereocenters. The molecule has 0 aliphatic carbocycles. The van der Waals surface area contributed by atoms with E-state index in [1.807, 2.05) is 0 Å². The topological polar surface area (TPSA) is 80.9 Å². The van der Waals surface area contributed by atoms with Gasteiger partial charge in [-0.25, -0.2) is 0 Å². The van der Waals surface area contributed by atoms with Crippen LogP contribution in [0.3, 0.4) is 0 Å². The number of unbranched alkanes of at least 4 members (excludes halogenated alkanes) is 40. The van der Waals surface area contributed by atoms with Crippen LogP contribution >= 0.6 is 84.7 Å². The summed E-state index contributed by atoms with van der Waals surface area (Å²) in [7, 11) is 6.74. The third-order valence-electron chi connectivity index (χ3n) is 17.9. The van der Waals surface area contributed by atoms with E-state index in [0.29, 0.717) is 68.2 Å². The molecule has 0 aliphatic rings. The molecule has 13 heteroatoms.